The summed E-state index contributed by atoms with van der Waals surface area (Å²) in [6.07, 6.45) is 13.7. The van der Waals surface area contributed by atoms with E-state index >= 15 is 0 Å². The molecule has 0 bridgehead atoms. The highest BCUT2D eigenvalue weighted by Crippen LogP contribution is 2.18. The Morgan fingerprint density at radius 3 is 1.15 bits per heavy atom. The predicted molar refractivity (Wildman–Crippen MR) is 79.3 cm³/mol. The number of hydrogen-bond donors (Lipinski definition) is 2. The van der Waals surface area contributed by atoms with Crippen LogP contribution >= 0.6 is 0 Å². The van der Waals surface area contributed by atoms with Crippen molar-refractivity contribution < 1.29 is 9.59 Å². The first kappa shape index (κ1) is 15.3. The summed E-state index contributed by atoms with van der Waals surface area (Å²) in [6, 6.07) is 0.398. The topological polar surface area (TPSA) is 58.2 Å². The van der Waals surface area contributed by atoms with Crippen molar-refractivity contribution in [3.05, 3.63) is 0 Å². The zero-order valence-electron chi connectivity index (χ0n) is 12.5. The maximum Gasteiger partial charge on any atom is 0.309 e. The minimum absolute atomic E-state index is 0.199. The summed E-state index contributed by atoms with van der Waals surface area (Å²) in [7, 11) is 0. The fourth-order valence-corrected chi connectivity index (χ4v) is 3.35. The molecule has 4 nitrogen and oxygen atoms in total. The van der Waals surface area contributed by atoms with E-state index in [0.717, 1.165) is 51.4 Å². The molecule has 114 valence electrons. The van der Waals surface area contributed by atoms with Crippen molar-refractivity contribution in [3.8, 4) is 0 Å². The maximum atomic E-state index is 12.0. The van der Waals surface area contributed by atoms with Crippen LogP contribution < -0.4 is 10.6 Å². The smallest absolute Gasteiger partial charge is 0.309 e. The molecule has 0 atom stereocenters. The van der Waals surface area contributed by atoms with Gasteiger partial charge in [-0.25, -0.2) is 0 Å². The summed E-state index contributed by atoms with van der Waals surface area (Å²) < 4.78 is 0. The van der Waals surface area contributed by atoms with Crippen molar-refractivity contribution in [2.24, 2.45) is 0 Å². The van der Waals surface area contributed by atoms with Crippen LogP contribution in [0.25, 0.3) is 0 Å². The van der Waals surface area contributed by atoms with Gasteiger partial charge in [-0.2, -0.15) is 0 Å². The second kappa shape index (κ2) is 8.28. The molecule has 0 spiro atoms. The van der Waals surface area contributed by atoms with Crippen LogP contribution in [-0.4, -0.2) is 23.9 Å². The minimum Gasteiger partial charge on any atom is -0.345 e. The normalized spacial score (nSPS) is 22.6. The monoisotopic (exact) mass is 280 g/mol. The van der Waals surface area contributed by atoms with Gasteiger partial charge in [0.1, 0.15) is 0 Å². The Morgan fingerprint density at radius 1 is 0.550 bits per heavy atom. The molecule has 2 rings (SSSR count). The van der Waals surface area contributed by atoms with Crippen LogP contribution in [0.4, 0.5) is 0 Å². The van der Waals surface area contributed by atoms with Gasteiger partial charge in [-0.3, -0.25) is 9.59 Å². The molecule has 2 N–H and O–H groups in total. The van der Waals surface area contributed by atoms with Gasteiger partial charge in [-0.05, 0) is 25.7 Å². The van der Waals surface area contributed by atoms with Gasteiger partial charge in [0.2, 0.25) is 0 Å². The first-order valence-electron chi connectivity index (χ1n) is 8.37. The highest BCUT2D eigenvalue weighted by molar-refractivity contribution is 6.35. The van der Waals surface area contributed by atoms with Crippen LogP contribution in [0.2, 0.25) is 0 Å². The van der Waals surface area contributed by atoms with Crippen LogP contribution in [0.15, 0.2) is 0 Å². The van der Waals surface area contributed by atoms with Gasteiger partial charge in [0, 0.05) is 12.1 Å². The third-order valence-corrected chi connectivity index (χ3v) is 4.59. The lowest BCUT2D eigenvalue weighted by molar-refractivity contribution is -0.140. The van der Waals surface area contributed by atoms with Crippen LogP contribution in [-0.2, 0) is 9.59 Å². The van der Waals surface area contributed by atoms with Gasteiger partial charge >= 0.3 is 11.8 Å². The molecule has 0 aliphatic heterocycles. The van der Waals surface area contributed by atoms with E-state index in [-0.39, 0.29) is 12.1 Å². The molecular weight excluding hydrogens is 252 g/mol. The molecule has 2 amide bonds. The van der Waals surface area contributed by atoms with E-state index in [1.54, 1.807) is 0 Å². The molecule has 0 heterocycles. The third kappa shape index (κ3) is 5.14. The molecule has 0 aromatic heterocycles. The average Bonchev–Trinajstić information content (AvgIpc) is 2.83. The van der Waals surface area contributed by atoms with Crippen molar-refractivity contribution in [2.75, 3.05) is 0 Å². The van der Waals surface area contributed by atoms with Gasteiger partial charge < -0.3 is 10.6 Å². The van der Waals surface area contributed by atoms with Crippen molar-refractivity contribution >= 4 is 11.8 Å². The van der Waals surface area contributed by atoms with Crippen LogP contribution in [0.5, 0.6) is 0 Å². The molecule has 0 radical (unpaired) electrons. The van der Waals surface area contributed by atoms with Gasteiger partial charge in [0.15, 0.2) is 0 Å². The Kier molecular flexibility index (Phi) is 6.34. The fraction of sp³-hybridized carbons (Fsp3) is 0.875. The number of rotatable bonds is 2. The number of carbonyl (C=O) groups is 2. The standard InChI is InChI=1S/C16H28N2O2/c19-15(17-13-9-5-1-2-6-10-13)16(20)18-14-11-7-3-4-8-12-14/h13-14H,1-12H2,(H,17,19)(H,18,20). The quantitative estimate of drug-likeness (QED) is 0.603. The summed E-state index contributed by atoms with van der Waals surface area (Å²) in [4.78, 5) is 23.9. The maximum absolute atomic E-state index is 12.0. The lowest BCUT2D eigenvalue weighted by Crippen LogP contribution is -2.47. The minimum atomic E-state index is -0.429. The van der Waals surface area contributed by atoms with E-state index in [1.165, 1.54) is 25.7 Å². The molecule has 2 fully saturated rings. The molecule has 0 unspecified atom stereocenters. The average molecular weight is 280 g/mol. The van der Waals surface area contributed by atoms with E-state index in [4.69, 9.17) is 0 Å². The molecule has 2 saturated carbocycles. The Labute approximate surface area is 122 Å². The lowest BCUT2D eigenvalue weighted by atomic mass is 10.1. The number of carbonyl (C=O) groups excluding carboxylic acids is 2. The van der Waals surface area contributed by atoms with E-state index in [0.29, 0.717) is 0 Å². The first-order chi connectivity index (χ1) is 9.75. The zero-order chi connectivity index (χ0) is 14.2. The Balaban J connectivity index is 1.74. The van der Waals surface area contributed by atoms with Crippen molar-refractivity contribution in [2.45, 2.75) is 89.1 Å². The molecule has 0 saturated heterocycles. The summed E-state index contributed by atoms with van der Waals surface area (Å²) in [5.41, 5.74) is 0. The molecule has 20 heavy (non-hydrogen) atoms. The Bertz CT molecular complexity index is 282. The number of hydrogen-bond acceptors (Lipinski definition) is 2. The highest BCUT2D eigenvalue weighted by Gasteiger charge is 2.22. The van der Waals surface area contributed by atoms with Crippen LogP contribution in [0.3, 0.4) is 0 Å². The molecule has 2 aliphatic carbocycles. The van der Waals surface area contributed by atoms with E-state index in [2.05, 4.69) is 10.6 Å². The fourth-order valence-electron chi connectivity index (χ4n) is 3.35. The predicted octanol–water partition coefficient (Wildman–Crippen LogP) is 2.66. The summed E-state index contributed by atoms with van der Waals surface area (Å²) in [5, 5.41) is 5.83. The van der Waals surface area contributed by atoms with Gasteiger partial charge in [0.25, 0.3) is 0 Å². The van der Waals surface area contributed by atoms with Gasteiger partial charge in [-0.15, -0.1) is 0 Å². The van der Waals surface area contributed by atoms with Gasteiger partial charge in [-0.1, -0.05) is 51.4 Å². The molecule has 4 heteroatoms. The van der Waals surface area contributed by atoms with Crippen LogP contribution in [0, 0.1) is 0 Å². The van der Waals surface area contributed by atoms with Crippen LogP contribution in [0.1, 0.15) is 77.0 Å². The van der Waals surface area contributed by atoms with Crippen molar-refractivity contribution in [3.63, 3.8) is 0 Å². The Hall–Kier alpha value is -1.06. The largest absolute Gasteiger partial charge is 0.345 e. The Morgan fingerprint density at radius 2 is 0.850 bits per heavy atom. The molecule has 2 aliphatic rings. The first-order valence-corrected chi connectivity index (χ1v) is 8.37. The zero-order valence-corrected chi connectivity index (χ0v) is 12.5. The van der Waals surface area contributed by atoms with Crippen molar-refractivity contribution in [1.82, 2.24) is 10.6 Å². The highest BCUT2D eigenvalue weighted by atomic mass is 16.2. The molecule has 0 aromatic rings. The lowest BCUT2D eigenvalue weighted by Gasteiger charge is -2.19. The van der Waals surface area contributed by atoms with E-state index < -0.39 is 11.8 Å². The number of nitrogens with one attached hydrogen (secondary N) is 2. The SMILES string of the molecule is O=C(NC1CCCCCC1)C(=O)NC1CCCCCC1. The number of amides is 2. The third-order valence-electron chi connectivity index (χ3n) is 4.59. The second-order valence-corrected chi connectivity index (χ2v) is 6.32. The summed E-state index contributed by atoms with van der Waals surface area (Å²) in [5.74, 6) is -0.859. The second-order valence-electron chi connectivity index (χ2n) is 6.32. The van der Waals surface area contributed by atoms with Gasteiger partial charge in [0.05, 0.1) is 0 Å². The van der Waals surface area contributed by atoms with E-state index in [1.807, 2.05) is 0 Å². The van der Waals surface area contributed by atoms with E-state index in [9.17, 15) is 9.59 Å². The summed E-state index contributed by atoms with van der Waals surface area (Å²) in [6.45, 7) is 0. The molecular formula is C16H28N2O2. The molecule has 0 aromatic carbocycles. The summed E-state index contributed by atoms with van der Waals surface area (Å²) >= 11 is 0. The van der Waals surface area contributed by atoms with Crippen molar-refractivity contribution in [1.29, 1.82) is 0 Å².